The number of methoxy groups -OCH3 is 1. The highest BCUT2D eigenvalue weighted by molar-refractivity contribution is 5.84. The third kappa shape index (κ3) is 3.43. The average molecular weight is 317 g/mol. The Kier molecular flexibility index (Phi) is 5.02. The fraction of sp³-hybridized carbons (Fsp3) is 0.632. The van der Waals surface area contributed by atoms with Gasteiger partial charge in [-0.3, -0.25) is 4.79 Å². The molecule has 2 aliphatic carbocycles. The minimum Gasteiger partial charge on any atom is -0.389 e. The number of carbonyl (C=O) groups excluding carboxylic acids is 1. The lowest BCUT2D eigenvalue weighted by molar-refractivity contribution is -0.134. The molecule has 4 heteroatoms. The van der Waals surface area contributed by atoms with Crippen molar-refractivity contribution in [3.63, 3.8) is 0 Å². The van der Waals surface area contributed by atoms with Gasteiger partial charge in [-0.15, -0.1) is 0 Å². The number of fused-ring (bicyclic) bond motifs is 2. The molecule has 0 heterocycles. The number of ether oxygens (including phenoxy) is 1. The Bertz CT molecular complexity index is 533. The highest BCUT2D eigenvalue weighted by Gasteiger charge is 2.55. The molecule has 2 bridgehead atoms. The van der Waals surface area contributed by atoms with Crippen LogP contribution in [0.1, 0.15) is 31.2 Å². The number of carbonyl (C=O) groups is 1. The van der Waals surface area contributed by atoms with Crippen LogP contribution in [0.5, 0.6) is 0 Å². The Morgan fingerprint density at radius 1 is 1.39 bits per heavy atom. The summed E-state index contributed by atoms with van der Waals surface area (Å²) in [5.41, 5.74) is 0.935. The first-order chi connectivity index (χ1) is 11.1. The summed E-state index contributed by atoms with van der Waals surface area (Å²) in [4.78, 5) is 13.0. The van der Waals surface area contributed by atoms with E-state index in [0.717, 1.165) is 19.3 Å². The van der Waals surface area contributed by atoms with Gasteiger partial charge in [0.25, 0.3) is 0 Å². The largest absolute Gasteiger partial charge is 0.389 e. The highest BCUT2D eigenvalue weighted by atomic mass is 16.5. The van der Waals surface area contributed by atoms with Crippen molar-refractivity contribution >= 4 is 5.91 Å². The van der Waals surface area contributed by atoms with Crippen molar-refractivity contribution in [3.05, 3.63) is 35.9 Å². The zero-order valence-electron chi connectivity index (χ0n) is 13.8. The molecule has 1 amide bonds. The minimum absolute atomic E-state index is 0.115. The van der Waals surface area contributed by atoms with Crippen molar-refractivity contribution in [2.24, 2.45) is 17.3 Å². The Labute approximate surface area is 138 Å². The molecule has 2 saturated carbocycles. The summed E-state index contributed by atoms with van der Waals surface area (Å²) < 4.78 is 4.93. The SMILES string of the molecule is COCC(O)CNC(=O)C1(Cc2ccccc2)CC2CCC1C2. The average Bonchev–Trinajstić information content (AvgIpc) is 3.15. The predicted octanol–water partition coefficient (Wildman–Crippen LogP) is 2.16. The molecule has 4 unspecified atom stereocenters. The van der Waals surface area contributed by atoms with Crippen LogP contribution in [0.15, 0.2) is 30.3 Å². The van der Waals surface area contributed by atoms with E-state index in [1.54, 1.807) is 7.11 Å². The molecule has 0 aromatic heterocycles. The molecule has 1 aromatic carbocycles. The second-order valence-electron chi connectivity index (χ2n) is 7.22. The van der Waals surface area contributed by atoms with Crippen molar-refractivity contribution in [3.8, 4) is 0 Å². The van der Waals surface area contributed by atoms with Gasteiger partial charge in [-0.25, -0.2) is 0 Å². The van der Waals surface area contributed by atoms with Gasteiger partial charge in [0.15, 0.2) is 0 Å². The van der Waals surface area contributed by atoms with E-state index in [4.69, 9.17) is 4.74 Å². The smallest absolute Gasteiger partial charge is 0.226 e. The molecule has 23 heavy (non-hydrogen) atoms. The van der Waals surface area contributed by atoms with Crippen LogP contribution in [0.2, 0.25) is 0 Å². The second kappa shape index (κ2) is 7.02. The van der Waals surface area contributed by atoms with Gasteiger partial charge >= 0.3 is 0 Å². The maximum Gasteiger partial charge on any atom is 0.226 e. The fourth-order valence-corrected chi connectivity index (χ4v) is 4.62. The van der Waals surface area contributed by atoms with Gasteiger partial charge in [0.05, 0.1) is 18.1 Å². The van der Waals surface area contributed by atoms with Crippen LogP contribution in [0, 0.1) is 17.3 Å². The molecular weight excluding hydrogens is 290 g/mol. The maximum absolute atomic E-state index is 13.0. The van der Waals surface area contributed by atoms with Crippen LogP contribution in [0.25, 0.3) is 0 Å². The van der Waals surface area contributed by atoms with E-state index < -0.39 is 6.10 Å². The summed E-state index contributed by atoms with van der Waals surface area (Å²) in [6.45, 7) is 0.513. The lowest BCUT2D eigenvalue weighted by atomic mass is 9.68. The quantitative estimate of drug-likeness (QED) is 0.810. The fourth-order valence-electron chi connectivity index (χ4n) is 4.62. The predicted molar refractivity (Wildman–Crippen MR) is 88.9 cm³/mol. The summed E-state index contributed by atoms with van der Waals surface area (Å²) in [5.74, 6) is 1.29. The van der Waals surface area contributed by atoms with E-state index >= 15 is 0 Å². The van der Waals surface area contributed by atoms with Crippen LogP contribution < -0.4 is 5.32 Å². The molecule has 0 saturated heterocycles. The monoisotopic (exact) mass is 317 g/mol. The van der Waals surface area contributed by atoms with Crippen molar-refractivity contribution < 1.29 is 14.6 Å². The van der Waals surface area contributed by atoms with Crippen LogP contribution in [0.3, 0.4) is 0 Å². The first kappa shape index (κ1) is 16.5. The number of rotatable bonds is 7. The maximum atomic E-state index is 13.0. The topological polar surface area (TPSA) is 58.6 Å². The van der Waals surface area contributed by atoms with Crippen molar-refractivity contribution in [1.82, 2.24) is 5.32 Å². The number of aliphatic hydroxyl groups is 1. The lowest BCUT2D eigenvalue weighted by Gasteiger charge is -2.37. The summed E-state index contributed by atoms with van der Waals surface area (Å²) in [5, 5.41) is 12.8. The van der Waals surface area contributed by atoms with Gasteiger partial charge in [-0.05, 0) is 43.1 Å². The number of benzene rings is 1. The van der Waals surface area contributed by atoms with E-state index in [-0.39, 0.29) is 24.5 Å². The molecule has 3 rings (SSSR count). The summed E-state index contributed by atoms with van der Waals surface area (Å²) >= 11 is 0. The standard InChI is InChI=1S/C19H27NO3/c1-23-13-17(21)12-20-18(22)19(10-14-5-3-2-4-6-14)11-15-7-8-16(19)9-15/h2-6,15-17,21H,7-13H2,1H3,(H,20,22). The molecule has 0 aliphatic heterocycles. The highest BCUT2D eigenvalue weighted by Crippen LogP contribution is 2.57. The van der Waals surface area contributed by atoms with Crippen molar-refractivity contribution in [1.29, 1.82) is 0 Å². The van der Waals surface area contributed by atoms with E-state index in [2.05, 4.69) is 17.4 Å². The van der Waals surface area contributed by atoms with Gasteiger partial charge in [0.1, 0.15) is 0 Å². The molecule has 2 aliphatic rings. The lowest BCUT2D eigenvalue weighted by Crippen LogP contribution is -2.48. The van der Waals surface area contributed by atoms with Crippen LogP contribution in [0.4, 0.5) is 0 Å². The zero-order chi connectivity index (χ0) is 16.3. The molecule has 0 radical (unpaired) electrons. The van der Waals surface area contributed by atoms with Gasteiger partial charge < -0.3 is 15.2 Å². The number of amides is 1. The molecular formula is C19H27NO3. The Morgan fingerprint density at radius 3 is 2.78 bits per heavy atom. The summed E-state index contributed by atoms with van der Waals surface area (Å²) in [6.07, 6.45) is 4.75. The van der Waals surface area contributed by atoms with Crippen LogP contribution in [-0.4, -0.2) is 37.4 Å². The normalized spacial score (nSPS) is 30.3. The Balaban J connectivity index is 1.72. The molecule has 2 N–H and O–H groups in total. The third-order valence-corrected chi connectivity index (χ3v) is 5.65. The zero-order valence-corrected chi connectivity index (χ0v) is 13.8. The molecule has 126 valence electrons. The van der Waals surface area contributed by atoms with Crippen molar-refractivity contribution in [2.75, 3.05) is 20.3 Å². The number of hydrogen-bond acceptors (Lipinski definition) is 3. The Morgan fingerprint density at radius 2 is 2.17 bits per heavy atom. The van der Waals surface area contributed by atoms with Gasteiger partial charge in [0.2, 0.25) is 5.91 Å². The second-order valence-corrected chi connectivity index (χ2v) is 7.22. The first-order valence-electron chi connectivity index (χ1n) is 8.63. The van der Waals surface area contributed by atoms with Gasteiger partial charge in [-0.1, -0.05) is 36.8 Å². The van der Waals surface area contributed by atoms with Crippen LogP contribution >= 0.6 is 0 Å². The van der Waals surface area contributed by atoms with E-state index in [0.29, 0.717) is 11.8 Å². The molecule has 4 atom stereocenters. The van der Waals surface area contributed by atoms with Gasteiger partial charge in [-0.2, -0.15) is 0 Å². The molecule has 2 fully saturated rings. The van der Waals surface area contributed by atoms with E-state index in [1.807, 2.05) is 18.2 Å². The first-order valence-corrected chi connectivity index (χ1v) is 8.63. The van der Waals surface area contributed by atoms with Crippen LogP contribution in [-0.2, 0) is 16.0 Å². The number of hydrogen-bond donors (Lipinski definition) is 2. The number of nitrogens with one attached hydrogen (secondary N) is 1. The summed E-state index contributed by atoms with van der Waals surface area (Å²) in [7, 11) is 1.55. The van der Waals surface area contributed by atoms with Crippen molar-refractivity contribution in [2.45, 2.75) is 38.2 Å². The minimum atomic E-state index is -0.642. The van der Waals surface area contributed by atoms with E-state index in [1.165, 1.54) is 18.4 Å². The van der Waals surface area contributed by atoms with Gasteiger partial charge in [0, 0.05) is 13.7 Å². The number of aliphatic hydroxyl groups excluding tert-OH is 1. The third-order valence-electron chi connectivity index (χ3n) is 5.65. The Hall–Kier alpha value is -1.39. The molecule has 0 spiro atoms. The molecule has 1 aromatic rings. The summed E-state index contributed by atoms with van der Waals surface area (Å²) in [6, 6.07) is 10.3. The molecule has 4 nitrogen and oxygen atoms in total. The van der Waals surface area contributed by atoms with E-state index in [9.17, 15) is 9.90 Å².